The topological polar surface area (TPSA) is 89.6 Å². The molecule has 0 aliphatic carbocycles. The fourth-order valence-electron chi connectivity index (χ4n) is 1.35. The number of nitrogens with two attached hydrogens (primary N) is 1. The number of aromatic carboxylic acids is 1. The number of esters is 1. The maximum absolute atomic E-state index is 11.9. The van der Waals surface area contributed by atoms with Crippen LogP contribution in [0.5, 0.6) is 0 Å². The van der Waals surface area contributed by atoms with Gasteiger partial charge in [0.05, 0.1) is 11.1 Å². The second-order valence-electron chi connectivity index (χ2n) is 4.72. The Labute approximate surface area is 118 Å². The van der Waals surface area contributed by atoms with Crippen LogP contribution in [0.3, 0.4) is 0 Å². The minimum absolute atomic E-state index is 0.0992. The van der Waals surface area contributed by atoms with E-state index in [-0.39, 0.29) is 16.8 Å². The highest BCUT2D eigenvalue weighted by Gasteiger charge is 2.25. The smallest absolute Gasteiger partial charge is 0.341 e. The van der Waals surface area contributed by atoms with Crippen molar-refractivity contribution in [1.29, 1.82) is 0 Å². The van der Waals surface area contributed by atoms with E-state index in [0.717, 1.165) is 0 Å². The Balaban J connectivity index is 3.31. The van der Waals surface area contributed by atoms with Crippen molar-refractivity contribution in [2.45, 2.75) is 26.4 Å². The summed E-state index contributed by atoms with van der Waals surface area (Å²) in [6.07, 6.45) is 0. The zero-order chi connectivity index (χ0) is 14.1. The Morgan fingerprint density at radius 1 is 1.33 bits per heavy atom. The first-order valence-electron chi connectivity index (χ1n) is 5.17. The average molecular weight is 363 g/mol. The van der Waals surface area contributed by atoms with Gasteiger partial charge in [0.15, 0.2) is 0 Å². The Bertz CT molecular complexity index is 506. The Morgan fingerprint density at radius 2 is 1.89 bits per heavy atom. The van der Waals surface area contributed by atoms with Gasteiger partial charge in [0.25, 0.3) is 0 Å². The molecule has 0 heterocycles. The molecule has 0 spiro atoms. The molecular weight excluding hydrogens is 349 g/mol. The number of carbonyl (C=O) groups excluding carboxylic acids is 1. The second-order valence-corrected chi connectivity index (χ2v) is 5.97. The van der Waals surface area contributed by atoms with Crippen molar-refractivity contribution in [3.05, 3.63) is 26.8 Å². The van der Waals surface area contributed by atoms with E-state index in [1.165, 1.54) is 12.1 Å². The van der Waals surface area contributed by atoms with Gasteiger partial charge in [-0.1, -0.05) is 0 Å². The lowest BCUT2D eigenvalue weighted by Crippen LogP contribution is -2.26. The van der Waals surface area contributed by atoms with Gasteiger partial charge in [-0.05, 0) is 55.5 Å². The summed E-state index contributed by atoms with van der Waals surface area (Å²) < 4.78 is 5.80. The molecule has 1 rings (SSSR count). The van der Waals surface area contributed by atoms with Crippen molar-refractivity contribution in [2.24, 2.45) is 0 Å². The highest BCUT2D eigenvalue weighted by Crippen LogP contribution is 2.24. The molecule has 0 amide bonds. The van der Waals surface area contributed by atoms with Crippen molar-refractivity contribution in [2.75, 3.05) is 5.73 Å². The molecule has 0 aromatic heterocycles. The molecule has 0 fully saturated rings. The van der Waals surface area contributed by atoms with Gasteiger partial charge in [0.2, 0.25) is 0 Å². The van der Waals surface area contributed by atoms with Crippen molar-refractivity contribution < 1.29 is 19.4 Å². The lowest BCUT2D eigenvalue weighted by atomic mass is 10.1. The Kier molecular flexibility index (Phi) is 4.20. The molecule has 0 atom stereocenters. The molecule has 18 heavy (non-hydrogen) atoms. The van der Waals surface area contributed by atoms with Crippen molar-refractivity contribution in [3.8, 4) is 0 Å². The molecule has 0 unspecified atom stereocenters. The molecule has 5 nitrogen and oxygen atoms in total. The predicted octanol–water partition coefficient (Wildman–Crippen LogP) is 2.53. The van der Waals surface area contributed by atoms with Gasteiger partial charge in [0.1, 0.15) is 5.60 Å². The number of ether oxygens (including phenoxy) is 1. The second kappa shape index (κ2) is 5.13. The van der Waals surface area contributed by atoms with Gasteiger partial charge in [-0.15, -0.1) is 0 Å². The summed E-state index contributed by atoms with van der Waals surface area (Å²) in [5, 5.41) is 9.10. The van der Waals surface area contributed by atoms with Crippen LogP contribution in [-0.4, -0.2) is 22.6 Å². The fourth-order valence-corrected chi connectivity index (χ4v) is 2.00. The third-order valence-corrected chi connectivity index (χ3v) is 2.59. The van der Waals surface area contributed by atoms with Gasteiger partial charge in [-0.2, -0.15) is 0 Å². The number of halogens is 1. The number of rotatable bonds is 2. The minimum atomic E-state index is -1.21. The summed E-state index contributed by atoms with van der Waals surface area (Å²) in [5.74, 6) is -1.94. The van der Waals surface area contributed by atoms with E-state index in [2.05, 4.69) is 0 Å². The normalized spacial score (nSPS) is 11.1. The van der Waals surface area contributed by atoms with Crippen LogP contribution in [-0.2, 0) is 4.74 Å². The summed E-state index contributed by atoms with van der Waals surface area (Å²) in [7, 11) is 0. The highest BCUT2D eigenvalue weighted by atomic mass is 127. The number of hydrogen-bond acceptors (Lipinski definition) is 4. The van der Waals surface area contributed by atoms with E-state index in [1.54, 1.807) is 20.8 Å². The average Bonchev–Trinajstić information content (AvgIpc) is 2.12. The molecule has 3 N–H and O–H groups in total. The van der Waals surface area contributed by atoms with Gasteiger partial charge >= 0.3 is 11.9 Å². The van der Waals surface area contributed by atoms with Crippen LogP contribution in [0.25, 0.3) is 0 Å². The summed E-state index contributed by atoms with van der Waals surface area (Å²) in [6, 6.07) is 2.92. The van der Waals surface area contributed by atoms with Gasteiger partial charge in [-0.3, -0.25) is 0 Å². The molecule has 1 aromatic carbocycles. The molecule has 98 valence electrons. The summed E-state index contributed by atoms with van der Waals surface area (Å²) in [4.78, 5) is 23.1. The van der Waals surface area contributed by atoms with Crippen LogP contribution in [0, 0.1) is 3.57 Å². The van der Waals surface area contributed by atoms with Gasteiger partial charge < -0.3 is 15.6 Å². The number of carboxylic acid groups (broad SMARTS) is 1. The highest BCUT2D eigenvalue weighted by molar-refractivity contribution is 14.1. The fraction of sp³-hybridized carbons (Fsp3) is 0.333. The minimum Gasteiger partial charge on any atom is -0.478 e. The van der Waals surface area contributed by atoms with Gasteiger partial charge in [0, 0.05) is 9.26 Å². The molecule has 0 saturated heterocycles. The summed E-state index contributed by atoms with van der Waals surface area (Å²) >= 11 is 1.94. The zero-order valence-electron chi connectivity index (χ0n) is 10.3. The summed E-state index contributed by atoms with van der Waals surface area (Å²) in [5.41, 5.74) is 4.87. The van der Waals surface area contributed by atoms with E-state index in [9.17, 15) is 9.59 Å². The third-order valence-electron chi connectivity index (χ3n) is 1.97. The van der Waals surface area contributed by atoms with Crippen LogP contribution in [0.15, 0.2) is 12.1 Å². The van der Waals surface area contributed by atoms with Crippen LogP contribution in [0.1, 0.15) is 41.5 Å². The lowest BCUT2D eigenvalue weighted by Gasteiger charge is -2.20. The van der Waals surface area contributed by atoms with Crippen molar-refractivity contribution in [3.63, 3.8) is 0 Å². The van der Waals surface area contributed by atoms with Crippen molar-refractivity contribution >= 4 is 40.2 Å². The largest absolute Gasteiger partial charge is 0.478 e. The molecular formula is C12H14INO4. The van der Waals surface area contributed by atoms with E-state index in [4.69, 9.17) is 15.6 Å². The standard InChI is InChI=1S/C12H14INO4/c1-12(2,3)18-11(17)9-7(10(15)16)4-6(13)5-8(9)14/h4-5H,14H2,1-3H3,(H,15,16). The zero-order valence-corrected chi connectivity index (χ0v) is 12.4. The van der Waals surface area contributed by atoms with Crippen LogP contribution < -0.4 is 5.73 Å². The van der Waals surface area contributed by atoms with E-state index in [0.29, 0.717) is 3.57 Å². The SMILES string of the molecule is CC(C)(C)OC(=O)c1c(N)cc(I)cc1C(=O)O. The maximum Gasteiger partial charge on any atom is 0.341 e. The monoisotopic (exact) mass is 363 g/mol. The van der Waals surface area contributed by atoms with Crippen molar-refractivity contribution in [1.82, 2.24) is 0 Å². The number of carbonyl (C=O) groups is 2. The Hall–Kier alpha value is -1.31. The first-order chi connectivity index (χ1) is 8.11. The number of hydrogen-bond donors (Lipinski definition) is 2. The molecule has 0 radical (unpaired) electrons. The number of anilines is 1. The molecule has 0 aliphatic heterocycles. The first-order valence-corrected chi connectivity index (χ1v) is 6.25. The molecule has 0 aliphatic rings. The van der Waals surface area contributed by atoms with Crippen LogP contribution in [0.4, 0.5) is 5.69 Å². The molecule has 0 saturated carbocycles. The number of benzene rings is 1. The number of nitrogen functional groups attached to an aromatic ring is 1. The third kappa shape index (κ3) is 3.59. The van der Waals surface area contributed by atoms with Crippen LogP contribution in [0.2, 0.25) is 0 Å². The quantitative estimate of drug-likeness (QED) is 0.479. The predicted molar refractivity (Wildman–Crippen MR) is 75.7 cm³/mol. The van der Waals surface area contributed by atoms with E-state index >= 15 is 0 Å². The summed E-state index contributed by atoms with van der Waals surface area (Å²) in [6.45, 7) is 5.11. The van der Waals surface area contributed by atoms with E-state index in [1.807, 2.05) is 22.6 Å². The molecule has 1 aromatic rings. The first kappa shape index (κ1) is 14.7. The Morgan fingerprint density at radius 3 is 2.33 bits per heavy atom. The van der Waals surface area contributed by atoms with E-state index < -0.39 is 17.5 Å². The maximum atomic E-state index is 11.9. The van der Waals surface area contributed by atoms with Gasteiger partial charge in [-0.25, -0.2) is 9.59 Å². The molecule has 6 heteroatoms. The van der Waals surface area contributed by atoms with Crippen LogP contribution >= 0.6 is 22.6 Å². The molecule has 0 bridgehead atoms. The number of carboxylic acids is 1. The lowest BCUT2D eigenvalue weighted by molar-refractivity contribution is 0.00671.